The van der Waals surface area contributed by atoms with E-state index in [1.165, 1.54) is 5.56 Å². The number of hydrogen-bond donors (Lipinski definition) is 0. The summed E-state index contributed by atoms with van der Waals surface area (Å²) in [7, 11) is 0. The summed E-state index contributed by atoms with van der Waals surface area (Å²) in [5, 5.41) is 0. The highest BCUT2D eigenvalue weighted by atomic mass is 16.5. The predicted molar refractivity (Wildman–Crippen MR) is 61.6 cm³/mol. The van der Waals surface area contributed by atoms with E-state index in [0.717, 1.165) is 13.3 Å². The van der Waals surface area contributed by atoms with Crippen molar-refractivity contribution in [3.05, 3.63) is 35.9 Å². The molecule has 0 radical (unpaired) electrons. The van der Waals surface area contributed by atoms with Crippen molar-refractivity contribution in [2.45, 2.75) is 32.4 Å². The Morgan fingerprint density at radius 3 is 2.47 bits per heavy atom. The molecule has 15 heavy (non-hydrogen) atoms. The number of nitrogens with zero attached hydrogens (tertiary/aromatic N) is 1. The molecule has 1 aliphatic heterocycles. The van der Waals surface area contributed by atoms with E-state index in [4.69, 9.17) is 4.74 Å². The van der Waals surface area contributed by atoms with Crippen molar-refractivity contribution >= 4 is 0 Å². The third kappa shape index (κ3) is 2.21. The summed E-state index contributed by atoms with van der Waals surface area (Å²) < 4.78 is 5.58. The number of rotatable bonds is 1. The molecule has 2 rings (SSSR count). The van der Waals surface area contributed by atoms with Crippen molar-refractivity contribution in [1.82, 2.24) is 4.90 Å². The Balaban J connectivity index is 2.23. The molecule has 1 fully saturated rings. The first kappa shape index (κ1) is 10.7. The summed E-state index contributed by atoms with van der Waals surface area (Å²) in [6, 6.07) is 11.0. The van der Waals surface area contributed by atoms with Gasteiger partial charge in [0.15, 0.2) is 0 Å². The molecule has 1 saturated heterocycles. The molecule has 2 heteroatoms. The summed E-state index contributed by atoms with van der Waals surface area (Å²) in [6.07, 6.45) is 0. The van der Waals surface area contributed by atoms with Gasteiger partial charge in [0, 0.05) is 5.54 Å². The molecule has 82 valence electrons. The molecule has 0 aliphatic carbocycles. The Morgan fingerprint density at radius 2 is 1.87 bits per heavy atom. The fraction of sp³-hybridized carbons (Fsp3) is 0.538. The quantitative estimate of drug-likeness (QED) is 0.699. The fourth-order valence-corrected chi connectivity index (χ4v) is 2.06. The third-order valence-corrected chi connectivity index (χ3v) is 2.93. The molecule has 1 aromatic carbocycles. The van der Waals surface area contributed by atoms with E-state index < -0.39 is 0 Å². The lowest BCUT2D eigenvalue weighted by molar-refractivity contribution is 0.0708. The molecule has 1 unspecified atom stereocenters. The predicted octanol–water partition coefficient (Wildman–Crippen LogP) is 2.82. The number of hydrogen-bond acceptors (Lipinski definition) is 2. The highest BCUT2D eigenvalue weighted by Gasteiger charge is 2.34. The van der Waals surface area contributed by atoms with Crippen molar-refractivity contribution in [3.8, 4) is 0 Å². The summed E-state index contributed by atoms with van der Waals surface area (Å²) in [5.41, 5.74) is 1.52. The van der Waals surface area contributed by atoms with Gasteiger partial charge < -0.3 is 4.74 Å². The van der Waals surface area contributed by atoms with Gasteiger partial charge in [0.25, 0.3) is 0 Å². The van der Waals surface area contributed by atoms with Crippen LogP contribution >= 0.6 is 0 Å². The van der Waals surface area contributed by atoms with Crippen LogP contribution in [0.4, 0.5) is 0 Å². The average Bonchev–Trinajstić information content (AvgIpc) is 2.67. The Labute approximate surface area is 91.9 Å². The van der Waals surface area contributed by atoms with E-state index in [0.29, 0.717) is 6.04 Å². The maximum atomic E-state index is 5.58. The van der Waals surface area contributed by atoms with Gasteiger partial charge in [-0.3, -0.25) is 4.90 Å². The van der Waals surface area contributed by atoms with Crippen LogP contribution in [0.2, 0.25) is 0 Å². The summed E-state index contributed by atoms with van der Waals surface area (Å²) >= 11 is 0. The van der Waals surface area contributed by atoms with Crippen LogP contribution < -0.4 is 0 Å². The Morgan fingerprint density at radius 1 is 1.20 bits per heavy atom. The molecule has 0 amide bonds. The van der Waals surface area contributed by atoms with Gasteiger partial charge in [-0.25, -0.2) is 0 Å². The lowest BCUT2D eigenvalue weighted by atomic mass is 10.00. The first-order chi connectivity index (χ1) is 7.09. The number of ether oxygens (including phenoxy) is 1. The van der Waals surface area contributed by atoms with E-state index in [1.807, 2.05) is 0 Å². The minimum atomic E-state index is 0.164. The fourth-order valence-electron chi connectivity index (χ4n) is 2.06. The van der Waals surface area contributed by atoms with Gasteiger partial charge in [-0.2, -0.15) is 0 Å². The molecule has 0 N–H and O–H groups in total. The van der Waals surface area contributed by atoms with Crippen LogP contribution in [0.1, 0.15) is 32.4 Å². The maximum absolute atomic E-state index is 5.58. The monoisotopic (exact) mass is 205 g/mol. The highest BCUT2D eigenvalue weighted by molar-refractivity contribution is 5.20. The SMILES string of the molecule is CC(C)(C)N1COCC1c1ccccc1. The van der Waals surface area contributed by atoms with Gasteiger partial charge in [0.05, 0.1) is 12.6 Å². The van der Waals surface area contributed by atoms with Gasteiger partial charge >= 0.3 is 0 Å². The second-order valence-corrected chi connectivity index (χ2v) is 5.07. The summed E-state index contributed by atoms with van der Waals surface area (Å²) in [4.78, 5) is 2.41. The normalized spacial score (nSPS) is 23.3. The maximum Gasteiger partial charge on any atom is 0.100 e. The Kier molecular flexibility index (Phi) is 2.81. The summed E-state index contributed by atoms with van der Waals surface area (Å²) in [6.45, 7) is 8.25. The summed E-state index contributed by atoms with van der Waals surface area (Å²) in [5.74, 6) is 0. The Bertz CT molecular complexity index is 315. The zero-order chi connectivity index (χ0) is 10.9. The van der Waals surface area contributed by atoms with Crippen LogP contribution in [-0.4, -0.2) is 23.8 Å². The topological polar surface area (TPSA) is 12.5 Å². The van der Waals surface area contributed by atoms with Crippen molar-refractivity contribution in [3.63, 3.8) is 0 Å². The lowest BCUT2D eigenvalue weighted by Gasteiger charge is -2.35. The van der Waals surface area contributed by atoms with Gasteiger partial charge in [-0.1, -0.05) is 30.3 Å². The first-order valence-electron chi connectivity index (χ1n) is 5.48. The minimum absolute atomic E-state index is 0.164. The van der Waals surface area contributed by atoms with Crippen molar-refractivity contribution in [2.75, 3.05) is 13.3 Å². The smallest absolute Gasteiger partial charge is 0.100 e. The van der Waals surface area contributed by atoms with Gasteiger partial charge in [0.2, 0.25) is 0 Å². The first-order valence-corrected chi connectivity index (χ1v) is 5.48. The minimum Gasteiger partial charge on any atom is -0.364 e. The molecule has 1 aliphatic rings. The average molecular weight is 205 g/mol. The van der Waals surface area contributed by atoms with Crippen molar-refractivity contribution < 1.29 is 4.74 Å². The zero-order valence-electron chi connectivity index (χ0n) is 9.73. The van der Waals surface area contributed by atoms with E-state index in [2.05, 4.69) is 56.0 Å². The standard InChI is InChI=1S/C13H19NO/c1-13(2,3)14-10-15-9-12(14)11-7-5-4-6-8-11/h4-8,12H,9-10H2,1-3H3. The molecule has 0 aromatic heterocycles. The van der Waals surface area contributed by atoms with Gasteiger partial charge in [-0.05, 0) is 26.3 Å². The molecular weight excluding hydrogens is 186 g/mol. The van der Waals surface area contributed by atoms with Crippen LogP contribution in [-0.2, 0) is 4.74 Å². The van der Waals surface area contributed by atoms with Crippen molar-refractivity contribution in [2.24, 2.45) is 0 Å². The van der Waals surface area contributed by atoms with Crippen LogP contribution in [0.3, 0.4) is 0 Å². The molecule has 2 nitrogen and oxygen atoms in total. The Hall–Kier alpha value is -0.860. The van der Waals surface area contributed by atoms with Gasteiger partial charge in [-0.15, -0.1) is 0 Å². The van der Waals surface area contributed by atoms with E-state index in [-0.39, 0.29) is 5.54 Å². The largest absolute Gasteiger partial charge is 0.364 e. The van der Waals surface area contributed by atoms with Crippen LogP contribution in [0.5, 0.6) is 0 Å². The molecule has 1 aromatic rings. The van der Waals surface area contributed by atoms with E-state index in [9.17, 15) is 0 Å². The molecule has 1 atom stereocenters. The van der Waals surface area contributed by atoms with Crippen LogP contribution in [0.15, 0.2) is 30.3 Å². The zero-order valence-corrected chi connectivity index (χ0v) is 9.73. The second kappa shape index (κ2) is 3.95. The third-order valence-electron chi connectivity index (χ3n) is 2.93. The molecular formula is C13H19NO. The molecule has 1 heterocycles. The van der Waals surface area contributed by atoms with Crippen LogP contribution in [0, 0.1) is 0 Å². The second-order valence-electron chi connectivity index (χ2n) is 5.07. The lowest BCUT2D eigenvalue weighted by Crippen LogP contribution is -2.41. The van der Waals surface area contributed by atoms with Crippen molar-refractivity contribution in [1.29, 1.82) is 0 Å². The molecule has 0 saturated carbocycles. The van der Waals surface area contributed by atoms with Crippen LogP contribution in [0.25, 0.3) is 0 Å². The van der Waals surface area contributed by atoms with E-state index >= 15 is 0 Å². The molecule has 0 bridgehead atoms. The number of benzene rings is 1. The van der Waals surface area contributed by atoms with E-state index in [1.54, 1.807) is 0 Å². The highest BCUT2D eigenvalue weighted by Crippen LogP contribution is 2.32. The molecule has 0 spiro atoms. The van der Waals surface area contributed by atoms with Gasteiger partial charge in [0.1, 0.15) is 6.73 Å².